The van der Waals surface area contributed by atoms with Crippen molar-refractivity contribution < 1.29 is 4.42 Å². The fourth-order valence-electron chi connectivity index (χ4n) is 2.82. The highest BCUT2D eigenvalue weighted by molar-refractivity contribution is 7.13. The summed E-state index contributed by atoms with van der Waals surface area (Å²) in [6, 6.07) is 3.88. The van der Waals surface area contributed by atoms with E-state index in [1.54, 1.807) is 17.6 Å². The lowest BCUT2D eigenvalue weighted by Gasteiger charge is -2.31. The Labute approximate surface area is 154 Å². The van der Waals surface area contributed by atoms with E-state index in [1.807, 2.05) is 12.1 Å². The topological polar surface area (TPSA) is 41.3 Å². The van der Waals surface area contributed by atoms with Crippen LogP contribution in [0.5, 0.6) is 0 Å². The van der Waals surface area contributed by atoms with E-state index < -0.39 is 0 Å². The summed E-state index contributed by atoms with van der Waals surface area (Å²) in [7, 11) is 0. The first-order valence-corrected chi connectivity index (χ1v) is 8.64. The van der Waals surface area contributed by atoms with E-state index >= 15 is 0 Å². The zero-order valence-corrected chi connectivity index (χ0v) is 15.8. The molecule has 0 unspecified atom stereocenters. The van der Waals surface area contributed by atoms with Crippen molar-refractivity contribution in [3.05, 3.63) is 29.5 Å². The van der Waals surface area contributed by atoms with Crippen LogP contribution in [-0.2, 0) is 6.54 Å². The van der Waals surface area contributed by atoms with Crippen molar-refractivity contribution in [2.24, 2.45) is 5.92 Å². The molecule has 0 saturated carbocycles. The third-order valence-corrected chi connectivity index (χ3v) is 4.97. The highest BCUT2D eigenvalue weighted by Gasteiger charge is 2.19. The molecule has 3 rings (SSSR count). The molecule has 0 spiro atoms. The van der Waals surface area contributed by atoms with E-state index in [0.717, 1.165) is 35.5 Å². The lowest BCUT2D eigenvalue weighted by Crippen LogP contribution is -2.36. The summed E-state index contributed by atoms with van der Waals surface area (Å²) in [6.07, 6.45) is 4.29. The molecule has 23 heavy (non-hydrogen) atoms. The largest absolute Gasteiger partial charge is 0.462 e. The number of hydrogen-bond donors (Lipinski definition) is 1. The van der Waals surface area contributed by atoms with Crippen LogP contribution in [0.15, 0.2) is 28.2 Å². The molecular formula is C16H25Cl2N3OS. The Morgan fingerprint density at radius 2 is 2.13 bits per heavy atom. The van der Waals surface area contributed by atoms with Crippen LogP contribution in [0.4, 0.5) is 0 Å². The molecule has 0 aromatic carbocycles. The van der Waals surface area contributed by atoms with Crippen molar-refractivity contribution in [2.75, 3.05) is 26.2 Å². The predicted octanol–water partition coefficient (Wildman–Crippen LogP) is 4.07. The molecule has 1 saturated heterocycles. The van der Waals surface area contributed by atoms with Gasteiger partial charge in [-0.15, -0.1) is 36.2 Å². The molecule has 7 heteroatoms. The van der Waals surface area contributed by atoms with Gasteiger partial charge in [-0.05, 0) is 57.1 Å². The van der Waals surface area contributed by atoms with E-state index in [-0.39, 0.29) is 24.8 Å². The van der Waals surface area contributed by atoms with Gasteiger partial charge in [0.05, 0.1) is 12.0 Å². The lowest BCUT2D eigenvalue weighted by atomic mass is 9.97. The van der Waals surface area contributed by atoms with Crippen LogP contribution in [0.25, 0.3) is 10.8 Å². The SMILES string of the molecule is CCNCC1CCN(Cc2csc(-c3ccco3)n2)CC1.Cl.Cl. The Bertz CT molecular complexity index is 539. The molecule has 1 aliphatic rings. The summed E-state index contributed by atoms with van der Waals surface area (Å²) in [5, 5.41) is 6.60. The summed E-state index contributed by atoms with van der Waals surface area (Å²) in [5.41, 5.74) is 1.16. The molecule has 0 amide bonds. The zero-order valence-electron chi connectivity index (χ0n) is 13.4. The molecule has 2 aromatic rings. The van der Waals surface area contributed by atoms with Crippen LogP contribution in [0.1, 0.15) is 25.5 Å². The van der Waals surface area contributed by atoms with Crippen molar-refractivity contribution in [2.45, 2.75) is 26.3 Å². The monoisotopic (exact) mass is 377 g/mol. The average molecular weight is 378 g/mol. The van der Waals surface area contributed by atoms with Crippen LogP contribution in [0.3, 0.4) is 0 Å². The van der Waals surface area contributed by atoms with Gasteiger partial charge in [0, 0.05) is 11.9 Å². The summed E-state index contributed by atoms with van der Waals surface area (Å²) < 4.78 is 5.40. The number of halogens is 2. The van der Waals surface area contributed by atoms with Gasteiger partial charge in [0.15, 0.2) is 10.8 Å². The number of nitrogens with one attached hydrogen (secondary N) is 1. The number of rotatable bonds is 6. The zero-order chi connectivity index (χ0) is 14.5. The molecule has 4 nitrogen and oxygen atoms in total. The van der Waals surface area contributed by atoms with Crippen LogP contribution in [0.2, 0.25) is 0 Å². The Morgan fingerprint density at radius 1 is 1.35 bits per heavy atom. The Balaban J connectivity index is 0.00000132. The van der Waals surface area contributed by atoms with Crippen LogP contribution >= 0.6 is 36.2 Å². The Hall–Kier alpha value is -0.590. The van der Waals surface area contributed by atoms with Crippen molar-refractivity contribution in [1.82, 2.24) is 15.2 Å². The predicted molar refractivity (Wildman–Crippen MR) is 101 cm³/mol. The molecule has 3 heterocycles. The number of likely N-dealkylation sites (tertiary alicyclic amines) is 1. The fraction of sp³-hybridized carbons (Fsp3) is 0.562. The third kappa shape index (κ3) is 5.76. The second kappa shape index (κ2) is 10.3. The molecule has 130 valence electrons. The van der Waals surface area contributed by atoms with Crippen molar-refractivity contribution >= 4 is 36.2 Å². The smallest absolute Gasteiger partial charge is 0.162 e. The van der Waals surface area contributed by atoms with Crippen LogP contribution < -0.4 is 5.32 Å². The molecule has 0 bridgehead atoms. The Kier molecular flexibility index (Phi) is 9.17. The van der Waals surface area contributed by atoms with Crippen molar-refractivity contribution in [1.29, 1.82) is 0 Å². The maximum atomic E-state index is 5.40. The average Bonchev–Trinajstić information content (AvgIpc) is 3.17. The molecule has 1 fully saturated rings. The summed E-state index contributed by atoms with van der Waals surface area (Å²) in [6.45, 7) is 7.75. The normalized spacial score (nSPS) is 15.9. The molecule has 2 aromatic heterocycles. The number of hydrogen-bond acceptors (Lipinski definition) is 5. The highest BCUT2D eigenvalue weighted by Crippen LogP contribution is 2.25. The standard InChI is InChI=1S/C16H23N3OS.2ClH/c1-2-17-10-13-5-7-19(8-6-13)11-14-12-21-16(18-14)15-4-3-9-20-15;;/h3-4,9,12-13,17H,2,5-8,10-11H2,1H3;2*1H. The number of furan rings is 1. The third-order valence-electron chi connectivity index (χ3n) is 4.06. The van der Waals surface area contributed by atoms with Gasteiger partial charge in [-0.1, -0.05) is 6.92 Å². The van der Waals surface area contributed by atoms with Gasteiger partial charge in [0.1, 0.15) is 0 Å². The van der Waals surface area contributed by atoms with E-state index in [0.29, 0.717) is 0 Å². The summed E-state index contributed by atoms with van der Waals surface area (Å²) in [5.74, 6) is 1.71. The minimum absolute atomic E-state index is 0. The molecular weight excluding hydrogens is 353 g/mol. The minimum atomic E-state index is 0. The maximum absolute atomic E-state index is 5.40. The molecule has 1 N–H and O–H groups in total. The summed E-state index contributed by atoms with van der Waals surface area (Å²) >= 11 is 1.67. The molecule has 0 aliphatic carbocycles. The van der Waals surface area contributed by atoms with Crippen molar-refractivity contribution in [3.63, 3.8) is 0 Å². The van der Waals surface area contributed by atoms with Crippen LogP contribution in [0, 0.1) is 5.92 Å². The first-order chi connectivity index (χ1) is 10.3. The van der Waals surface area contributed by atoms with Gasteiger partial charge in [0.2, 0.25) is 0 Å². The first-order valence-electron chi connectivity index (χ1n) is 7.76. The van der Waals surface area contributed by atoms with Gasteiger partial charge in [-0.3, -0.25) is 4.90 Å². The maximum Gasteiger partial charge on any atom is 0.162 e. The van der Waals surface area contributed by atoms with Gasteiger partial charge in [-0.25, -0.2) is 4.98 Å². The lowest BCUT2D eigenvalue weighted by molar-refractivity contribution is 0.174. The van der Waals surface area contributed by atoms with E-state index in [1.165, 1.54) is 32.5 Å². The number of thiazole rings is 1. The molecule has 0 atom stereocenters. The van der Waals surface area contributed by atoms with Gasteiger partial charge in [0.25, 0.3) is 0 Å². The van der Waals surface area contributed by atoms with Crippen LogP contribution in [-0.4, -0.2) is 36.1 Å². The van der Waals surface area contributed by atoms with Crippen molar-refractivity contribution in [3.8, 4) is 10.8 Å². The van der Waals surface area contributed by atoms with Gasteiger partial charge < -0.3 is 9.73 Å². The van der Waals surface area contributed by atoms with Gasteiger partial charge >= 0.3 is 0 Å². The quantitative estimate of drug-likeness (QED) is 0.823. The molecule has 0 radical (unpaired) electrons. The number of aromatic nitrogens is 1. The van der Waals surface area contributed by atoms with E-state index in [4.69, 9.17) is 4.42 Å². The summed E-state index contributed by atoms with van der Waals surface area (Å²) in [4.78, 5) is 7.20. The minimum Gasteiger partial charge on any atom is -0.462 e. The van der Waals surface area contributed by atoms with E-state index in [2.05, 4.69) is 27.5 Å². The number of piperidine rings is 1. The molecule has 1 aliphatic heterocycles. The Morgan fingerprint density at radius 3 is 2.78 bits per heavy atom. The highest BCUT2D eigenvalue weighted by atomic mass is 35.5. The second-order valence-corrected chi connectivity index (χ2v) is 6.51. The van der Waals surface area contributed by atoms with E-state index in [9.17, 15) is 0 Å². The second-order valence-electron chi connectivity index (χ2n) is 5.65. The number of nitrogens with zero attached hydrogens (tertiary/aromatic N) is 2. The van der Waals surface area contributed by atoms with Gasteiger partial charge in [-0.2, -0.15) is 0 Å². The fourth-order valence-corrected chi connectivity index (χ4v) is 3.60. The first kappa shape index (κ1) is 20.5.